The van der Waals surface area contributed by atoms with Crippen molar-refractivity contribution in [2.75, 3.05) is 26.7 Å². The summed E-state index contributed by atoms with van der Waals surface area (Å²) in [5.74, 6) is 0. The Balaban J connectivity index is 4.01. The highest BCUT2D eigenvalue weighted by molar-refractivity contribution is 4.78. The number of nitrogens with two attached hydrogens (primary N) is 1. The Morgan fingerprint density at radius 1 is 1.07 bits per heavy atom. The molecular formula is C13H30N2. The molecule has 0 rings (SSSR count). The molecule has 15 heavy (non-hydrogen) atoms. The molecule has 92 valence electrons. The number of hydrogen-bond donors (Lipinski definition) is 1. The molecule has 0 spiro atoms. The largest absolute Gasteiger partial charge is 0.330 e. The molecular weight excluding hydrogens is 184 g/mol. The van der Waals surface area contributed by atoms with Crippen LogP contribution in [0.25, 0.3) is 0 Å². The highest BCUT2D eigenvalue weighted by Crippen LogP contribution is 2.33. The van der Waals surface area contributed by atoms with E-state index in [0.717, 1.165) is 26.1 Å². The molecule has 0 aromatic heterocycles. The average Bonchev–Trinajstić information content (AvgIpc) is 1.94. The molecule has 2 heteroatoms. The first-order chi connectivity index (χ1) is 6.66. The Hall–Kier alpha value is -0.0800. The summed E-state index contributed by atoms with van der Waals surface area (Å²) in [6.07, 6.45) is 2.36. The van der Waals surface area contributed by atoms with E-state index in [2.05, 4.69) is 46.6 Å². The van der Waals surface area contributed by atoms with Crippen LogP contribution >= 0.6 is 0 Å². The molecule has 0 aliphatic carbocycles. The second-order valence-corrected chi connectivity index (χ2v) is 6.78. The molecule has 0 aromatic carbocycles. The topological polar surface area (TPSA) is 29.3 Å². The van der Waals surface area contributed by atoms with Gasteiger partial charge in [0.2, 0.25) is 0 Å². The third-order valence-electron chi connectivity index (χ3n) is 2.45. The van der Waals surface area contributed by atoms with Gasteiger partial charge in [-0.05, 0) is 43.8 Å². The quantitative estimate of drug-likeness (QED) is 0.736. The van der Waals surface area contributed by atoms with E-state index >= 15 is 0 Å². The van der Waals surface area contributed by atoms with Crippen LogP contribution in [0.4, 0.5) is 0 Å². The van der Waals surface area contributed by atoms with E-state index in [-0.39, 0.29) is 0 Å². The third-order valence-corrected chi connectivity index (χ3v) is 2.45. The SMILES string of the molecule is CN(CCCN)CC(C)(C)CC(C)(C)C. The van der Waals surface area contributed by atoms with Crippen LogP contribution in [0.15, 0.2) is 0 Å². The predicted octanol–water partition coefficient (Wildman–Crippen LogP) is 2.73. The first-order valence-electron chi connectivity index (χ1n) is 6.05. The standard InChI is InChI=1S/C13H30N2/c1-12(2,3)10-13(4,5)11-15(6)9-7-8-14/h7-11,14H2,1-6H3. The van der Waals surface area contributed by atoms with Crippen molar-refractivity contribution in [1.82, 2.24) is 4.90 Å². The van der Waals surface area contributed by atoms with Crippen molar-refractivity contribution in [3.63, 3.8) is 0 Å². The molecule has 0 aliphatic rings. The molecule has 0 fully saturated rings. The van der Waals surface area contributed by atoms with E-state index in [4.69, 9.17) is 5.73 Å². The van der Waals surface area contributed by atoms with Crippen LogP contribution < -0.4 is 5.73 Å². The van der Waals surface area contributed by atoms with E-state index in [0.29, 0.717) is 10.8 Å². The van der Waals surface area contributed by atoms with E-state index in [1.807, 2.05) is 0 Å². The van der Waals surface area contributed by atoms with Gasteiger partial charge in [-0.25, -0.2) is 0 Å². The first kappa shape index (κ1) is 14.9. The van der Waals surface area contributed by atoms with Crippen LogP contribution in [0.3, 0.4) is 0 Å². The monoisotopic (exact) mass is 214 g/mol. The maximum atomic E-state index is 5.52. The van der Waals surface area contributed by atoms with Gasteiger partial charge in [-0.3, -0.25) is 0 Å². The molecule has 0 saturated heterocycles. The number of rotatable bonds is 6. The van der Waals surface area contributed by atoms with Crippen molar-refractivity contribution in [2.45, 2.75) is 47.5 Å². The minimum atomic E-state index is 0.390. The molecule has 0 unspecified atom stereocenters. The van der Waals surface area contributed by atoms with Crippen molar-refractivity contribution in [3.05, 3.63) is 0 Å². The molecule has 0 atom stereocenters. The summed E-state index contributed by atoms with van der Waals surface area (Å²) in [5, 5.41) is 0. The van der Waals surface area contributed by atoms with Gasteiger partial charge < -0.3 is 10.6 Å². The van der Waals surface area contributed by atoms with Crippen molar-refractivity contribution in [3.8, 4) is 0 Å². The Kier molecular flexibility index (Phi) is 5.82. The van der Waals surface area contributed by atoms with Crippen molar-refractivity contribution < 1.29 is 0 Å². The van der Waals surface area contributed by atoms with Crippen molar-refractivity contribution >= 4 is 0 Å². The fourth-order valence-corrected chi connectivity index (χ4v) is 2.66. The van der Waals surface area contributed by atoms with Gasteiger partial charge in [0.1, 0.15) is 0 Å². The summed E-state index contributed by atoms with van der Waals surface area (Å²) in [4.78, 5) is 2.40. The van der Waals surface area contributed by atoms with E-state index in [1.54, 1.807) is 0 Å². The predicted molar refractivity (Wildman–Crippen MR) is 69.0 cm³/mol. The Morgan fingerprint density at radius 3 is 2.00 bits per heavy atom. The van der Waals surface area contributed by atoms with Gasteiger partial charge >= 0.3 is 0 Å². The summed E-state index contributed by atoms with van der Waals surface area (Å²) in [6.45, 7) is 14.7. The van der Waals surface area contributed by atoms with Gasteiger partial charge in [0, 0.05) is 6.54 Å². The molecule has 0 aliphatic heterocycles. The van der Waals surface area contributed by atoms with Gasteiger partial charge in [0.25, 0.3) is 0 Å². The van der Waals surface area contributed by atoms with Gasteiger partial charge in [-0.15, -0.1) is 0 Å². The summed E-state index contributed by atoms with van der Waals surface area (Å²) in [7, 11) is 2.19. The maximum absolute atomic E-state index is 5.52. The van der Waals surface area contributed by atoms with E-state index in [9.17, 15) is 0 Å². The Morgan fingerprint density at radius 2 is 1.60 bits per heavy atom. The first-order valence-corrected chi connectivity index (χ1v) is 6.05. The van der Waals surface area contributed by atoms with Crippen molar-refractivity contribution in [1.29, 1.82) is 0 Å². The van der Waals surface area contributed by atoms with Crippen LogP contribution in [0, 0.1) is 10.8 Å². The zero-order valence-electron chi connectivity index (χ0n) is 11.6. The lowest BCUT2D eigenvalue weighted by atomic mass is 9.76. The summed E-state index contributed by atoms with van der Waals surface area (Å²) < 4.78 is 0. The third kappa shape index (κ3) is 8.88. The Bertz CT molecular complexity index is 168. The van der Waals surface area contributed by atoms with Crippen LogP contribution in [-0.2, 0) is 0 Å². The number of hydrogen-bond acceptors (Lipinski definition) is 2. The summed E-state index contributed by atoms with van der Waals surface area (Å²) >= 11 is 0. The highest BCUT2D eigenvalue weighted by Gasteiger charge is 2.26. The summed E-state index contributed by atoms with van der Waals surface area (Å²) in [6, 6.07) is 0. The molecule has 0 bridgehead atoms. The smallest absolute Gasteiger partial charge is 0.00298 e. The molecule has 0 saturated carbocycles. The zero-order chi connectivity index (χ0) is 12.1. The summed E-state index contributed by atoms with van der Waals surface area (Å²) in [5.41, 5.74) is 6.32. The molecule has 2 N–H and O–H groups in total. The molecule has 0 amide bonds. The average molecular weight is 214 g/mol. The van der Waals surface area contributed by atoms with Crippen LogP contribution in [-0.4, -0.2) is 31.6 Å². The maximum Gasteiger partial charge on any atom is 0.00298 e. The van der Waals surface area contributed by atoms with Crippen LogP contribution in [0.2, 0.25) is 0 Å². The zero-order valence-corrected chi connectivity index (χ0v) is 11.6. The second kappa shape index (κ2) is 5.86. The number of nitrogens with zero attached hydrogens (tertiary/aromatic N) is 1. The van der Waals surface area contributed by atoms with Gasteiger partial charge in [-0.1, -0.05) is 34.6 Å². The van der Waals surface area contributed by atoms with Gasteiger partial charge in [0.15, 0.2) is 0 Å². The fourth-order valence-electron chi connectivity index (χ4n) is 2.66. The Labute approximate surface area is 96.2 Å². The molecule has 0 heterocycles. The lowest BCUT2D eigenvalue weighted by Gasteiger charge is -2.35. The van der Waals surface area contributed by atoms with Crippen LogP contribution in [0.1, 0.15) is 47.5 Å². The van der Waals surface area contributed by atoms with Gasteiger partial charge in [0.05, 0.1) is 0 Å². The van der Waals surface area contributed by atoms with E-state index in [1.165, 1.54) is 6.42 Å². The van der Waals surface area contributed by atoms with E-state index < -0.39 is 0 Å². The lowest BCUT2D eigenvalue weighted by molar-refractivity contribution is 0.146. The normalized spacial score (nSPS) is 13.6. The molecule has 0 aromatic rings. The van der Waals surface area contributed by atoms with Gasteiger partial charge in [-0.2, -0.15) is 0 Å². The minimum absolute atomic E-state index is 0.390. The lowest BCUT2D eigenvalue weighted by Crippen LogP contribution is -2.35. The minimum Gasteiger partial charge on any atom is -0.330 e. The second-order valence-electron chi connectivity index (χ2n) is 6.78. The molecule has 2 nitrogen and oxygen atoms in total. The fraction of sp³-hybridized carbons (Fsp3) is 1.00. The van der Waals surface area contributed by atoms with Crippen LogP contribution in [0.5, 0.6) is 0 Å². The highest BCUT2D eigenvalue weighted by atomic mass is 15.1. The molecule has 0 radical (unpaired) electrons. The van der Waals surface area contributed by atoms with Crippen molar-refractivity contribution in [2.24, 2.45) is 16.6 Å².